The maximum Gasteiger partial charge on any atom is 0.387 e. The van der Waals surface area contributed by atoms with E-state index in [1.807, 2.05) is 6.07 Å². The smallest absolute Gasteiger partial charge is 0.387 e. The number of carbonyl (C=O) groups excluding carboxylic acids is 1. The third-order valence-corrected chi connectivity index (χ3v) is 4.32. The summed E-state index contributed by atoms with van der Waals surface area (Å²) in [6.07, 6.45) is 0. The van der Waals surface area contributed by atoms with Gasteiger partial charge in [0.05, 0.1) is 16.5 Å². The van der Waals surface area contributed by atoms with E-state index in [-0.39, 0.29) is 22.4 Å². The fourth-order valence-corrected chi connectivity index (χ4v) is 3.11. The highest BCUT2D eigenvalue weighted by Crippen LogP contribution is 2.29. The number of halogens is 3. The van der Waals surface area contributed by atoms with Crippen molar-refractivity contribution in [2.75, 3.05) is 11.1 Å². The second kappa shape index (κ2) is 8.78. The van der Waals surface area contributed by atoms with Crippen LogP contribution in [0.1, 0.15) is 17.1 Å². The SMILES string of the molecule is Cc1nc(C)c(C#N)c(SCC(=O)Nc2ccc(OC(F)F)c(Cl)c2)n1. The maximum absolute atomic E-state index is 12.2. The molecule has 0 saturated carbocycles. The van der Waals surface area contributed by atoms with E-state index in [1.165, 1.54) is 18.2 Å². The first-order valence-corrected chi connectivity index (χ1v) is 8.59. The molecule has 1 aromatic carbocycles. The van der Waals surface area contributed by atoms with Crippen molar-refractivity contribution < 1.29 is 18.3 Å². The predicted molar refractivity (Wildman–Crippen MR) is 93.7 cm³/mol. The van der Waals surface area contributed by atoms with Crippen molar-refractivity contribution in [3.63, 3.8) is 0 Å². The molecule has 0 atom stereocenters. The zero-order chi connectivity index (χ0) is 19.3. The number of alkyl halides is 2. The van der Waals surface area contributed by atoms with E-state index in [4.69, 9.17) is 11.6 Å². The lowest BCUT2D eigenvalue weighted by Gasteiger charge is -2.10. The molecule has 1 heterocycles. The molecule has 0 spiro atoms. The molecule has 1 amide bonds. The van der Waals surface area contributed by atoms with Crippen LogP contribution in [-0.2, 0) is 4.79 Å². The third kappa shape index (κ3) is 5.28. The predicted octanol–water partition coefficient (Wildman–Crippen LogP) is 3.95. The number of nitriles is 1. The van der Waals surface area contributed by atoms with Gasteiger partial charge < -0.3 is 10.1 Å². The lowest BCUT2D eigenvalue weighted by molar-refractivity contribution is -0.113. The summed E-state index contributed by atoms with van der Waals surface area (Å²) in [4.78, 5) is 20.4. The Morgan fingerprint density at radius 3 is 2.77 bits per heavy atom. The van der Waals surface area contributed by atoms with Crippen LogP contribution in [0.15, 0.2) is 23.2 Å². The minimum Gasteiger partial charge on any atom is -0.433 e. The quantitative estimate of drug-likeness (QED) is 0.585. The first-order chi connectivity index (χ1) is 12.3. The highest BCUT2D eigenvalue weighted by Gasteiger charge is 2.14. The number of nitrogens with one attached hydrogen (secondary N) is 1. The molecule has 136 valence electrons. The fourth-order valence-electron chi connectivity index (χ4n) is 2.02. The summed E-state index contributed by atoms with van der Waals surface area (Å²) >= 11 is 6.94. The summed E-state index contributed by atoms with van der Waals surface area (Å²) in [6.45, 7) is 0.407. The second-order valence-electron chi connectivity index (χ2n) is 5.01. The molecule has 0 aliphatic carbocycles. The Hall–Kier alpha value is -2.44. The molecule has 2 rings (SSSR count). The monoisotopic (exact) mass is 398 g/mol. The maximum atomic E-state index is 12.2. The molecule has 26 heavy (non-hydrogen) atoms. The van der Waals surface area contributed by atoms with Gasteiger partial charge in [0, 0.05) is 5.69 Å². The van der Waals surface area contributed by atoms with E-state index >= 15 is 0 Å². The summed E-state index contributed by atoms with van der Waals surface area (Å²) in [7, 11) is 0. The van der Waals surface area contributed by atoms with E-state index in [0.717, 1.165) is 11.8 Å². The van der Waals surface area contributed by atoms with Crippen molar-refractivity contribution in [3.8, 4) is 11.8 Å². The molecule has 0 bridgehead atoms. The first-order valence-electron chi connectivity index (χ1n) is 7.22. The highest BCUT2D eigenvalue weighted by molar-refractivity contribution is 8.00. The number of thioether (sulfide) groups is 1. The molecule has 6 nitrogen and oxygen atoms in total. The molecule has 0 unspecified atom stereocenters. The van der Waals surface area contributed by atoms with Gasteiger partial charge in [-0.2, -0.15) is 14.0 Å². The van der Waals surface area contributed by atoms with Crippen molar-refractivity contribution in [2.24, 2.45) is 0 Å². The van der Waals surface area contributed by atoms with Crippen molar-refractivity contribution in [3.05, 3.63) is 40.3 Å². The molecule has 0 fully saturated rings. The number of ether oxygens (including phenoxy) is 1. The van der Waals surface area contributed by atoms with Gasteiger partial charge >= 0.3 is 6.61 Å². The summed E-state index contributed by atoms with van der Waals surface area (Å²) in [6, 6.07) is 5.96. The zero-order valence-electron chi connectivity index (χ0n) is 13.7. The fraction of sp³-hybridized carbons (Fsp3) is 0.250. The van der Waals surface area contributed by atoms with Crippen molar-refractivity contribution >= 4 is 35.0 Å². The van der Waals surface area contributed by atoms with Crippen LogP contribution < -0.4 is 10.1 Å². The van der Waals surface area contributed by atoms with Gasteiger partial charge in [-0.1, -0.05) is 23.4 Å². The Bertz CT molecular complexity index is 874. The van der Waals surface area contributed by atoms with E-state index < -0.39 is 6.61 Å². The summed E-state index contributed by atoms with van der Waals surface area (Å²) in [5, 5.41) is 12.1. The summed E-state index contributed by atoms with van der Waals surface area (Å²) in [5.74, 6) is -0.0471. The molecular formula is C16H13ClF2N4O2S. The van der Waals surface area contributed by atoms with Crippen LogP contribution in [0, 0.1) is 25.2 Å². The number of rotatable bonds is 6. The minimum absolute atomic E-state index is 0.00250. The largest absolute Gasteiger partial charge is 0.433 e. The van der Waals surface area contributed by atoms with Crippen LogP contribution in [0.3, 0.4) is 0 Å². The minimum atomic E-state index is -2.99. The molecule has 0 aliphatic rings. The van der Waals surface area contributed by atoms with Crippen LogP contribution in [0.4, 0.5) is 14.5 Å². The van der Waals surface area contributed by atoms with E-state index in [9.17, 15) is 18.8 Å². The number of anilines is 1. The zero-order valence-corrected chi connectivity index (χ0v) is 15.3. The molecule has 10 heteroatoms. The summed E-state index contributed by atoms with van der Waals surface area (Å²) < 4.78 is 28.6. The Balaban J connectivity index is 2.02. The number of aryl methyl sites for hydroxylation is 2. The standard InChI is InChI=1S/C16H13ClF2N4O2S/c1-8-11(6-20)15(22-9(2)21-8)26-7-14(24)23-10-3-4-13(12(17)5-10)25-16(18)19/h3-5,16H,7H2,1-2H3,(H,23,24). The number of benzene rings is 1. The molecule has 0 saturated heterocycles. The van der Waals surface area contributed by atoms with Gasteiger partial charge in [-0.25, -0.2) is 9.97 Å². The molecule has 0 aliphatic heterocycles. The lowest BCUT2D eigenvalue weighted by atomic mass is 10.3. The van der Waals surface area contributed by atoms with E-state index in [2.05, 4.69) is 20.0 Å². The normalized spacial score (nSPS) is 10.5. The number of aromatic nitrogens is 2. The molecule has 1 N–H and O–H groups in total. The summed E-state index contributed by atoms with van der Waals surface area (Å²) in [5.41, 5.74) is 1.20. The third-order valence-electron chi connectivity index (χ3n) is 3.05. The molecule has 0 radical (unpaired) electrons. The van der Waals surface area contributed by atoms with E-state index in [0.29, 0.717) is 27.8 Å². The van der Waals surface area contributed by atoms with Crippen LogP contribution in [0.5, 0.6) is 5.75 Å². The second-order valence-corrected chi connectivity index (χ2v) is 6.38. The van der Waals surface area contributed by atoms with Gasteiger partial charge in [-0.05, 0) is 32.0 Å². The Labute approximate surface area is 157 Å². The van der Waals surface area contributed by atoms with Gasteiger partial charge in [-0.3, -0.25) is 4.79 Å². The van der Waals surface area contributed by atoms with Crippen LogP contribution >= 0.6 is 23.4 Å². The van der Waals surface area contributed by atoms with Crippen molar-refractivity contribution in [1.29, 1.82) is 5.26 Å². The highest BCUT2D eigenvalue weighted by atomic mass is 35.5. The van der Waals surface area contributed by atoms with Crippen LogP contribution in [0.2, 0.25) is 5.02 Å². The molecule has 1 aromatic heterocycles. The number of carbonyl (C=O) groups is 1. The lowest BCUT2D eigenvalue weighted by Crippen LogP contribution is -2.14. The Morgan fingerprint density at radius 1 is 1.42 bits per heavy atom. The number of amides is 1. The topological polar surface area (TPSA) is 87.9 Å². The van der Waals surface area contributed by atoms with Gasteiger partial charge in [0.1, 0.15) is 28.2 Å². The first kappa shape index (κ1) is 19.9. The van der Waals surface area contributed by atoms with Gasteiger partial charge in [0.15, 0.2) is 0 Å². The average Bonchev–Trinajstić information content (AvgIpc) is 2.54. The van der Waals surface area contributed by atoms with Crippen LogP contribution in [-0.4, -0.2) is 28.2 Å². The average molecular weight is 399 g/mol. The molecule has 2 aromatic rings. The molecular weight excluding hydrogens is 386 g/mol. The number of hydrogen-bond acceptors (Lipinski definition) is 6. The van der Waals surface area contributed by atoms with Crippen molar-refractivity contribution in [2.45, 2.75) is 25.5 Å². The Kier molecular flexibility index (Phi) is 6.71. The Morgan fingerprint density at radius 2 is 2.15 bits per heavy atom. The number of hydrogen-bond donors (Lipinski definition) is 1. The van der Waals surface area contributed by atoms with Crippen molar-refractivity contribution in [1.82, 2.24) is 9.97 Å². The number of nitrogens with zero attached hydrogens (tertiary/aromatic N) is 3. The van der Waals surface area contributed by atoms with Gasteiger partial charge in [-0.15, -0.1) is 0 Å². The van der Waals surface area contributed by atoms with E-state index in [1.54, 1.807) is 13.8 Å². The van der Waals surface area contributed by atoms with Gasteiger partial charge in [0.25, 0.3) is 0 Å². The van der Waals surface area contributed by atoms with Crippen LogP contribution in [0.25, 0.3) is 0 Å². The van der Waals surface area contributed by atoms with Gasteiger partial charge in [0.2, 0.25) is 5.91 Å².